The minimum atomic E-state index is 0.554. The molecule has 5 nitrogen and oxygen atoms in total. The van der Waals surface area contributed by atoms with Gasteiger partial charge in [0.1, 0.15) is 16.2 Å². The maximum absolute atomic E-state index is 5.68. The number of hydrogen-bond donors (Lipinski definition) is 0. The van der Waals surface area contributed by atoms with Crippen LogP contribution in [0.1, 0.15) is 29.7 Å². The third-order valence-corrected chi connectivity index (χ3v) is 6.50. The fourth-order valence-electron chi connectivity index (χ4n) is 2.87. The van der Waals surface area contributed by atoms with Gasteiger partial charge in [0.25, 0.3) is 5.22 Å². The van der Waals surface area contributed by atoms with E-state index in [-0.39, 0.29) is 0 Å². The normalized spacial score (nSPS) is 17.6. The Labute approximate surface area is 146 Å². The van der Waals surface area contributed by atoms with E-state index in [2.05, 4.69) is 27.1 Å². The first-order chi connectivity index (χ1) is 11.2. The monoisotopic (exact) mass is 364 g/mol. The number of nitrogens with zero attached hydrogens (tertiary/aromatic N) is 4. The van der Waals surface area contributed by atoms with E-state index in [9.17, 15) is 0 Å². The van der Waals surface area contributed by atoms with Crippen LogP contribution in [0.2, 0.25) is 0 Å². The molecule has 0 bridgehead atoms. The van der Waals surface area contributed by atoms with E-state index in [0.717, 1.165) is 34.4 Å². The molecule has 3 aromatic heterocycles. The lowest BCUT2D eigenvalue weighted by Gasteiger charge is -2.17. The second-order valence-electron chi connectivity index (χ2n) is 5.71. The predicted octanol–water partition coefficient (Wildman–Crippen LogP) is 4.21. The molecule has 3 heterocycles. The van der Waals surface area contributed by atoms with Gasteiger partial charge in [-0.2, -0.15) is 11.8 Å². The van der Waals surface area contributed by atoms with Crippen molar-refractivity contribution >= 4 is 45.1 Å². The molecule has 23 heavy (non-hydrogen) atoms. The van der Waals surface area contributed by atoms with Gasteiger partial charge in [0, 0.05) is 10.3 Å². The van der Waals surface area contributed by atoms with Gasteiger partial charge in [-0.05, 0) is 48.8 Å². The van der Waals surface area contributed by atoms with Crippen LogP contribution in [0.5, 0.6) is 0 Å². The zero-order valence-electron chi connectivity index (χ0n) is 12.9. The minimum Gasteiger partial charge on any atom is -0.415 e. The van der Waals surface area contributed by atoms with E-state index < -0.39 is 0 Å². The molecule has 0 radical (unpaired) electrons. The van der Waals surface area contributed by atoms with E-state index in [0.29, 0.717) is 11.1 Å². The van der Waals surface area contributed by atoms with Gasteiger partial charge < -0.3 is 4.42 Å². The van der Waals surface area contributed by atoms with E-state index in [1.165, 1.54) is 34.0 Å². The van der Waals surface area contributed by atoms with Crippen LogP contribution in [0.3, 0.4) is 0 Å². The van der Waals surface area contributed by atoms with Crippen LogP contribution in [-0.2, 0) is 18.6 Å². The third-order valence-electron chi connectivity index (χ3n) is 3.96. The van der Waals surface area contributed by atoms with Crippen molar-refractivity contribution < 1.29 is 4.42 Å². The van der Waals surface area contributed by atoms with Crippen molar-refractivity contribution in [2.45, 2.75) is 42.2 Å². The Bertz CT molecular complexity index is 844. The molecule has 0 saturated carbocycles. The average Bonchev–Trinajstić information content (AvgIpc) is 3.11. The largest absolute Gasteiger partial charge is 0.415 e. The number of thioether (sulfide) groups is 1. The molecule has 120 valence electrons. The summed E-state index contributed by atoms with van der Waals surface area (Å²) in [5.41, 5.74) is 1.43. The standard InChI is InChI=1S/C15H16N4OS3/c1-8-3-4-9-10(5-8)22-13-12(9)14(17-7-16-13)23-15-19-18-11(20-15)6-21-2/h7-8H,3-6H2,1-2H3/t8-/m0/s1. The van der Waals surface area contributed by atoms with Crippen molar-refractivity contribution in [1.82, 2.24) is 20.2 Å². The highest BCUT2D eigenvalue weighted by Crippen LogP contribution is 2.41. The number of aryl methyl sites for hydroxylation is 1. The third kappa shape index (κ3) is 2.99. The first-order valence-electron chi connectivity index (χ1n) is 7.49. The smallest absolute Gasteiger partial charge is 0.282 e. The van der Waals surface area contributed by atoms with E-state index in [4.69, 9.17) is 4.42 Å². The molecule has 0 fully saturated rings. The molecule has 0 aromatic carbocycles. The molecule has 0 N–H and O–H groups in total. The van der Waals surface area contributed by atoms with E-state index >= 15 is 0 Å². The van der Waals surface area contributed by atoms with E-state index in [1.54, 1.807) is 18.1 Å². The van der Waals surface area contributed by atoms with Crippen LogP contribution in [0.25, 0.3) is 10.2 Å². The van der Waals surface area contributed by atoms with Gasteiger partial charge in [0.2, 0.25) is 5.89 Å². The van der Waals surface area contributed by atoms with Crippen molar-refractivity contribution in [2.24, 2.45) is 5.92 Å². The van der Waals surface area contributed by atoms with Crippen molar-refractivity contribution in [3.05, 3.63) is 22.7 Å². The molecule has 1 aliphatic rings. The Morgan fingerprint density at radius 3 is 3.13 bits per heavy atom. The van der Waals surface area contributed by atoms with Gasteiger partial charge in [-0.25, -0.2) is 9.97 Å². The summed E-state index contributed by atoms with van der Waals surface area (Å²) in [7, 11) is 0. The lowest BCUT2D eigenvalue weighted by molar-refractivity contribution is 0.426. The number of rotatable bonds is 4. The molecule has 0 saturated heterocycles. The van der Waals surface area contributed by atoms with Crippen LogP contribution >= 0.6 is 34.9 Å². The molecule has 0 spiro atoms. The second-order valence-corrected chi connectivity index (χ2v) is 8.60. The van der Waals surface area contributed by atoms with Crippen molar-refractivity contribution in [3.63, 3.8) is 0 Å². The molecule has 0 unspecified atom stereocenters. The summed E-state index contributed by atoms with van der Waals surface area (Å²) in [6.45, 7) is 2.32. The van der Waals surface area contributed by atoms with Gasteiger partial charge in [0.15, 0.2) is 0 Å². The van der Waals surface area contributed by atoms with Crippen LogP contribution in [0.4, 0.5) is 0 Å². The van der Waals surface area contributed by atoms with Gasteiger partial charge in [-0.3, -0.25) is 0 Å². The average molecular weight is 365 g/mol. The summed E-state index contributed by atoms with van der Waals surface area (Å²) in [4.78, 5) is 11.5. The Hall–Kier alpha value is -1.12. The number of fused-ring (bicyclic) bond motifs is 3. The van der Waals surface area contributed by atoms with Crippen molar-refractivity contribution in [1.29, 1.82) is 0 Å². The summed E-state index contributed by atoms with van der Waals surface area (Å²) in [5, 5.41) is 10.9. The zero-order valence-corrected chi connectivity index (χ0v) is 15.4. The number of hydrogen-bond acceptors (Lipinski definition) is 8. The molecular weight excluding hydrogens is 348 g/mol. The highest BCUT2D eigenvalue weighted by molar-refractivity contribution is 7.99. The summed E-state index contributed by atoms with van der Waals surface area (Å²) in [6.07, 6.45) is 7.15. The molecule has 3 aromatic rings. The summed E-state index contributed by atoms with van der Waals surface area (Å²) >= 11 is 4.92. The molecule has 4 rings (SSSR count). The Balaban J connectivity index is 1.71. The summed E-state index contributed by atoms with van der Waals surface area (Å²) in [5.74, 6) is 2.15. The molecule has 1 atom stereocenters. The Kier molecular flexibility index (Phi) is 4.29. The lowest BCUT2D eigenvalue weighted by atomic mass is 9.89. The number of aromatic nitrogens is 4. The highest BCUT2D eigenvalue weighted by atomic mass is 32.2. The fourth-order valence-corrected chi connectivity index (χ4v) is 5.45. The lowest BCUT2D eigenvalue weighted by Crippen LogP contribution is -2.08. The first-order valence-corrected chi connectivity index (χ1v) is 10.5. The van der Waals surface area contributed by atoms with Crippen molar-refractivity contribution in [2.75, 3.05) is 6.26 Å². The first kappa shape index (κ1) is 15.4. The topological polar surface area (TPSA) is 64.7 Å². The molecule has 0 amide bonds. The predicted molar refractivity (Wildman–Crippen MR) is 94.2 cm³/mol. The second kappa shape index (κ2) is 6.41. The maximum atomic E-state index is 5.68. The van der Waals surface area contributed by atoms with Gasteiger partial charge in [-0.1, -0.05) is 6.92 Å². The van der Waals surface area contributed by atoms with Gasteiger partial charge in [-0.15, -0.1) is 21.5 Å². The fraction of sp³-hybridized carbons (Fsp3) is 0.467. The highest BCUT2D eigenvalue weighted by Gasteiger charge is 2.24. The minimum absolute atomic E-state index is 0.554. The molecule has 1 aliphatic carbocycles. The van der Waals surface area contributed by atoms with Crippen LogP contribution < -0.4 is 0 Å². The van der Waals surface area contributed by atoms with Crippen molar-refractivity contribution in [3.8, 4) is 0 Å². The number of thiophene rings is 1. The van der Waals surface area contributed by atoms with Crippen LogP contribution in [-0.4, -0.2) is 26.4 Å². The molecule has 8 heteroatoms. The molecule has 0 aliphatic heterocycles. The van der Waals surface area contributed by atoms with Crippen LogP contribution in [0.15, 0.2) is 21.0 Å². The molecular formula is C15H16N4OS3. The summed E-state index contributed by atoms with van der Waals surface area (Å²) in [6, 6.07) is 0. The van der Waals surface area contributed by atoms with Gasteiger partial charge in [0.05, 0.1) is 5.75 Å². The Morgan fingerprint density at radius 1 is 1.35 bits per heavy atom. The SMILES string of the molecule is CSCc1nnc(Sc2ncnc3sc4c(c23)CC[C@H](C)C4)o1. The van der Waals surface area contributed by atoms with Gasteiger partial charge >= 0.3 is 0 Å². The zero-order chi connectivity index (χ0) is 15.8. The quantitative estimate of drug-likeness (QED) is 0.642. The summed E-state index contributed by atoms with van der Waals surface area (Å²) < 4.78 is 5.68. The van der Waals surface area contributed by atoms with Crippen LogP contribution in [0, 0.1) is 5.92 Å². The van der Waals surface area contributed by atoms with E-state index in [1.807, 2.05) is 17.6 Å². The Morgan fingerprint density at radius 2 is 2.26 bits per heavy atom. The maximum Gasteiger partial charge on any atom is 0.282 e.